The Morgan fingerprint density at radius 3 is 1.25 bits per heavy atom. The molecule has 1 fully saturated rings. The van der Waals surface area contributed by atoms with E-state index in [0.29, 0.717) is 11.5 Å². The van der Waals surface area contributed by atoms with Crippen LogP contribution >= 0.6 is 0 Å². The first kappa shape index (κ1) is 24.2. The topological polar surface area (TPSA) is 40.5 Å². The van der Waals surface area contributed by atoms with Crippen LogP contribution in [-0.2, 0) is 5.41 Å². The molecule has 0 bridgehead atoms. The lowest BCUT2D eigenvalue weighted by Crippen LogP contribution is -2.28. The van der Waals surface area contributed by atoms with E-state index in [1.54, 1.807) is 0 Å². The third-order valence-electron chi connectivity index (χ3n) is 7.97. The van der Waals surface area contributed by atoms with Crippen molar-refractivity contribution in [3.05, 3.63) is 108 Å². The second kappa shape index (κ2) is 11.0. The monoisotopic (exact) mass is 476 g/mol. The summed E-state index contributed by atoms with van der Waals surface area (Å²) in [4.78, 5) is 0. The van der Waals surface area contributed by atoms with E-state index in [9.17, 15) is 10.2 Å². The molecule has 0 aromatic heterocycles. The van der Waals surface area contributed by atoms with Crippen molar-refractivity contribution >= 4 is 0 Å². The molecule has 0 saturated heterocycles. The molecule has 0 aliphatic heterocycles. The second-order valence-electron chi connectivity index (χ2n) is 10.3. The van der Waals surface area contributed by atoms with Crippen LogP contribution in [0.3, 0.4) is 0 Å². The number of phenols is 2. The fourth-order valence-electron chi connectivity index (χ4n) is 5.97. The average molecular weight is 477 g/mol. The highest BCUT2D eigenvalue weighted by Crippen LogP contribution is 2.47. The zero-order valence-corrected chi connectivity index (χ0v) is 21.0. The molecule has 2 heteroatoms. The third kappa shape index (κ3) is 5.04. The molecule has 2 N–H and O–H groups in total. The van der Waals surface area contributed by atoms with Crippen LogP contribution in [-0.4, -0.2) is 10.2 Å². The van der Waals surface area contributed by atoms with Crippen LogP contribution < -0.4 is 0 Å². The Balaban J connectivity index is 1.68. The first-order valence-corrected chi connectivity index (χ1v) is 13.5. The largest absolute Gasteiger partial charge is 0.507 e. The molecule has 1 saturated carbocycles. The van der Waals surface area contributed by atoms with Crippen molar-refractivity contribution in [1.29, 1.82) is 0 Å². The van der Waals surface area contributed by atoms with E-state index in [1.807, 2.05) is 48.5 Å². The maximum Gasteiger partial charge on any atom is 0.123 e. The van der Waals surface area contributed by atoms with Crippen LogP contribution in [0.15, 0.2) is 97.1 Å². The summed E-state index contributed by atoms with van der Waals surface area (Å²) in [5, 5.41) is 21.6. The third-order valence-corrected chi connectivity index (χ3v) is 7.97. The predicted molar refractivity (Wildman–Crippen MR) is 149 cm³/mol. The predicted octanol–water partition coefficient (Wildman–Crippen LogP) is 9.24. The molecule has 2 nitrogen and oxygen atoms in total. The molecule has 0 atom stereocenters. The lowest BCUT2D eigenvalue weighted by atomic mass is 9.66. The van der Waals surface area contributed by atoms with Gasteiger partial charge >= 0.3 is 0 Å². The molecule has 0 spiro atoms. The smallest absolute Gasteiger partial charge is 0.123 e. The van der Waals surface area contributed by atoms with Gasteiger partial charge in [0.2, 0.25) is 0 Å². The highest BCUT2D eigenvalue weighted by molar-refractivity contribution is 5.73. The molecule has 5 rings (SSSR count). The van der Waals surface area contributed by atoms with Gasteiger partial charge in [-0.25, -0.2) is 0 Å². The van der Waals surface area contributed by atoms with Crippen molar-refractivity contribution < 1.29 is 10.2 Å². The van der Waals surface area contributed by atoms with Crippen LogP contribution in [0, 0.1) is 0 Å². The van der Waals surface area contributed by atoms with Gasteiger partial charge in [-0.05, 0) is 59.4 Å². The number of aromatic hydroxyl groups is 2. The summed E-state index contributed by atoms with van der Waals surface area (Å²) >= 11 is 0. The first-order chi connectivity index (χ1) is 17.7. The highest BCUT2D eigenvalue weighted by Gasteiger charge is 2.35. The van der Waals surface area contributed by atoms with Crippen molar-refractivity contribution in [1.82, 2.24) is 0 Å². The van der Waals surface area contributed by atoms with Crippen molar-refractivity contribution in [2.45, 2.75) is 63.2 Å². The molecule has 1 aliphatic carbocycles. The van der Waals surface area contributed by atoms with Crippen LogP contribution in [0.25, 0.3) is 22.3 Å². The first-order valence-electron chi connectivity index (χ1n) is 13.5. The van der Waals surface area contributed by atoms with Crippen molar-refractivity contribution in [2.24, 2.45) is 0 Å². The van der Waals surface area contributed by atoms with Gasteiger partial charge in [-0.2, -0.15) is 0 Å². The van der Waals surface area contributed by atoms with Crippen molar-refractivity contribution in [3.63, 3.8) is 0 Å². The SMILES string of the molecule is Oc1ccc(C2(c3ccc(O)c(-c4ccccc4)c3)CCCCCCCCC2)cc1-c1ccccc1. The molecule has 4 aromatic carbocycles. The maximum absolute atomic E-state index is 10.8. The molecular weight excluding hydrogens is 440 g/mol. The number of rotatable bonds is 4. The molecule has 184 valence electrons. The van der Waals surface area contributed by atoms with Gasteiger partial charge in [0.05, 0.1) is 0 Å². The van der Waals surface area contributed by atoms with Gasteiger partial charge in [0.15, 0.2) is 0 Å². The normalized spacial score (nSPS) is 16.3. The van der Waals surface area contributed by atoms with Gasteiger partial charge < -0.3 is 10.2 Å². The molecule has 0 unspecified atom stereocenters. The maximum atomic E-state index is 10.8. The summed E-state index contributed by atoms with van der Waals surface area (Å²) < 4.78 is 0. The number of phenolic OH excluding ortho intramolecular Hbond substituents is 2. The van der Waals surface area contributed by atoms with E-state index >= 15 is 0 Å². The minimum Gasteiger partial charge on any atom is -0.507 e. The molecular formula is C34H36O2. The van der Waals surface area contributed by atoms with E-state index in [2.05, 4.69) is 48.5 Å². The van der Waals surface area contributed by atoms with Crippen LogP contribution in [0.2, 0.25) is 0 Å². The highest BCUT2D eigenvalue weighted by atomic mass is 16.3. The summed E-state index contributed by atoms with van der Waals surface area (Å²) in [5.74, 6) is 0.631. The van der Waals surface area contributed by atoms with Crippen molar-refractivity contribution in [2.75, 3.05) is 0 Å². The Labute approximate surface area is 215 Å². The zero-order valence-electron chi connectivity index (χ0n) is 21.0. The van der Waals surface area contributed by atoms with E-state index < -0.39 is 0 Å². The van der Waals surface area contributed by atoms with Crippen LogP contribution in [0.4, 0.5) is 0 Å². The fraction of sp³-hybridized carbons (Fsp3) is 0.294. The Bertz CT molecular complexity index is 1180. The summed E-state index contributed by atoms with van der Waals surface area (Å²) in [5.41, 5.74) is 6.16. The Hall–Kier alpha value is -3.52. The summed E-state index contributed by atoms with van der Waals surface area (Å²) in [6.07, 6.45) is 10.9. The van der Waals surface area contributed by atoms with Gasteiger partial charge in [0.1, 0.15) is 11.5 Å². The average Bonchev–Trinajstić information content (AvgIpc) is 2.93. The Morgan fingerprint density at radius 2 is 0.833 bits per heavy atom. The minimum atomic E-state index is -0.175. The molecule has 4 aromatic rings. The lowest BCUT2D eigenvalue weighted by molar-refractivity contribution is 0.376. The van der Waals surface area contributed by atoms with Gasteiger partial charge in [-0.15, -0.1) is 0 Å². The fourth-order valence-corrected chi connectivity index (χ4v) is 5.97. The van der Waals surface area contributed by atoms with Gasteiger partial charge in [0.25, 0.3) is 0 Å². The number of hydrogen-bond acceptors (Lipinski definition) is 2. The summed E-state index contributed by atoms with van der Waals surface area (Å²) in [6, 6.07) is 32.8. The number of benzene rings is 4. The summed E-state index contributed by atoms with van der Waals surface area (Å²) in [7, 11) is 0. The van der Waals surface area contributed by atoms with Gasteiger partial charge in [-0.1, -0.05) is 118 Å². The van der Waals surface area contributed by atoms with Crippen LogP contribution in [0.1, 0.15) is 68.9 Å². The van der Waals surface area contributed by atoms with Crippen LogP contribution in [0.5, 0.6) is 11.5 Å². The molecule has 0 amide bonds. The quantitative estimate of drug-likeness (QED) is 0.308. The molecule has 0 radical (unpaired) electrons. The molecule has 0 heterocycles. The van der Waals surface area contributed by atoms with E-state index in [1.165, 1.54) is 56.1 Å². The van der Waals surface area contributed by atoms with E-state index in [0.717, 1.165) is 35.1 Å². The van der Waals surface area contributed by atoms with E-state index in [4.69, 9.17) is 0 Å². The molecule has 1 aliphatic rings. The minimum absolute atomic E-state index is 0.175. The Morgan fingerprint density at radius 1 is 0.444 bits per heavy atom. The number of hydrogen-bond donors (Lipinski definition) is 2. The van der Waals surface area contributed by atoms with Gasteiger partial charge in [0, 0.05) is 16.5 Å². The second-order valence-corrected chi connectivity index (χ2v) is 10.3. The Kier molecular flexibility index (Phi) is 7.41. The summed E-state index contributed by atoms with van der Waals surface area (Å²) in [6.45, 7) is 0. The lowest BCUT2D eigenvalue weighted by Gasteiger charge is -2.37. The van der Waals surface area contributed by atoms with Gasteiger partial charge in [-0.3, -0.25) is 0 Å². The van der Waals surface area contributed by atoms with E-state index in [-0.39, 0.29) is 5.41 Å². The van der Waals surface area contributed by atoms with Crippen molar-refractivity contribution in [3.8, 4) is 33.8 Å². The molecule has 36 heavy (non-hydrogen) atoms. The standard InChI is InChI=1S/C34H36O2/c35-32-20-18-28(24-30(32)26-14-8-6-9-15-26)34(22-12-4-2-1-3-5-13-23-34)29-19-21-33(36)31(25-29)27-16-10-7-11-17-27/h6-11,14-21,24-25,35-36H,1-5,12-13,22-23H2. The zero-order chi connectivity index (χ0) is 24.8.